The van der Waals surface area contributed by atoms with Gasteiger partial charge in [0.2, 0.25) is 0 Å². The number of aromatic nitrogens is 1. The number of hydrogen-bond acceptors (Lipinski definition) is 1. The highest BCUT2D eigenvalue weighted by atomic mass is 79.9. The van der Waals surface area contributed by atoms with Crippen LogP contribution in [-0.4, -0.2) is 4.57 Å². The van der Waals surface area contributed by atoms with E-state index in [4.69, 9.17) is 17.3 Å². The second-order valence-corrected chi connectivity index (χ2v) is 5.73. The number of rotatable bonds is 2. The van der Waals surface area contributed by atoms with Crippen molar-refractivity contribution in [2.75, 3.05) is 5.73 Å². The normalized spacial score (nSPS) is 11.1. The monoisotopic (exact) mass is 334 g/mol. The zero-order valence-electron chi connectivity index (χ0n) is 10.1. The zero-order valence-corrected chi connectivity index (χ0v) is 12.4. The summed E-state index contributed by atoms with van der Waals surface area (Å²) in [6, 6.07) is 14.1. The Kier molecular flexibility index (Phi) is 3.25. The van der Waals surface area contributed by atoms with Gasteiger partial charge >= 0.3 is 0 Å². The molecule has 0 unspecified atom stereocenters. The molecule has 0 bridgehead atoms. The van der Waals surface area contributed by atoms with E-state index >= 15 is 0 Å². The van der Waals surface area contributed by atoms with Crippen LogP contribution in [0.15, 0.2) is 53.1 Å². The molecule has 0 radical (unpaired) electrons. The third-order valence-corrected chi connectivity index (χ3v) is 4.21. The lowest BCUT2D eigenvalue weighted by molar-refractivity contribution is 0.837. The van der Waals surface area contributed by atoms with Gasteiger partial charge < -0.3 is 10.3 Å². The maximum Gasteiger partial charge on any atom is 0.0635 e. The van der Waals surface area contributed by atoms with Crippen molar-refractivity contribution in [3.63, 3.8) is 0 Å². The summed E-state index contributed by atoms with van der Waals surface area (Å²) >= 11 is 9.51. The first-order valence-corrected chi connectivity index (χ1v) is 7.09. The van der Waals surface area contributed by atoms with Crippen molar-refractivity contribution in [1.29, 1.82) is 0 Å². The Bertz CT molecular complexity index is 749. The topological polar surface area (TPSA) is 30.9 Å². The minimum Gasteiger partial charge on any atom is -0.398 e. The van der Waals surface area contributed by atoms with Crippen LogP contribution in [0.1, 0.15) is 5.56 Å². The summed E-state index contributed by atoms with van der Waals surface area (Å²) in [6.07, 6.45) is 2.08. The van der Waals surface area contributed by atoms with Gasteiger partial charge in [-0.1, -0.05) is 39.7 Å². The quantitative estimate of drug-likeness (QED) is 0.677. The molecule has 2 N–H and O–H groups in total. The van der Waals surface area contributed by atoms with E-state index in [9.17, 15) is 0 Å². The van der Waals surface area contributed by atoms with Crippen LogP contribution in [0, 0.1) is 0 Å². The van der Waals surface area contributed by atoms with Crippen LogP contribution in [0.2, 0.25) is 5.02 Å². The summed E-state index contributed by atoms with van der Waals surface area (Å²) in [5.41, 5.74) is 8.80. The average molecular weight is 336 g/mol. The molecule has 0 aliphatic carbocycles. The number of anilines is 1. The van der Waals surface area contributed by atoms with Crippen LogP contribution in [0.3, 0.4) is 0 Å². The molecule has 19 heavy (non-hydrogen) atoms. The van der Waals surface area contributed by atoms with E-state index in [0.29, 0.717) is 10.7 Å². The van der Waals surface area contributed by atoms with Gasteiger partial charge in [-0.2, -0.15) is 0 Å². The highest BCUT2D eigenvalue weighted by molar-refractivity contribution is 9.10. The second kappa shape index (κ2) is 4.91. The number of nitrogen functional groups attached to an aromatic ring is 1. The van der Waals surface area contributed by atoms with Crippen LogP contribution < -0.4 is 5.73 Å². The summed E-state index contributed by atoms with van der Waals surface area (Å²) in [5, 5.41) is 1.81. The van der Waals surface area contributed by atoms with Crippen molar-refractivity contribution in [2.45, 2.75) is 6.54 Å². The number of nitrogens with two attached hydrogens (primary N) is 1. The van der Waals surface area contributed by atoms with E-state index in [2.05, 4.69) is 38.8 Å². The third kappa shape index (κ3) is 2.36. The number of fused-ring (bicyclic) bond motifs is 1. The van der Waals surface area contributed by atoms with Crippen LogP contribution in [0.25, 0.3) is 10.9 Å². The first kappa shape index (κ1) is 12.6. The molecule has 2 aromatic carbocycles. The van der Waals surface area contributed by atoms with Gasteiger partial charge in [0.25, 0.3) is 0 Å². The molecule has 1 aromatic heterocycles. The maximum absolute atomic E-state index is 5.94. The highest BCUT2D eigenvalue weighted by Gasteiger charge is 2.05. The molecule has 96 valence electrons. The van der Waals surface area contributed by atoms with Crippen molar-refractivity contribution < 1.29 is 0 Å². The Labute approximate surface area is 124 Å². The van der Waals surface area contributed by atoms with Crippen molar-refractivity contribution in [2.24, 2.45) is 0 Å². The van der Waals surface area contributed by atoms with E-state index < -0.39 is 0 Å². The first-order valence-electron chi connectivity index (χ1n) is 5.92. The molecule has 0 aliphatic rings. The zero-order chi connectivity index (χ0) is 13.4. The SMILES string of the molecule is Nc1cc(Cn2ccc3c(Br)cccc32)ccc1Cl. The summed E-state index contributed by atoms with van der Waals surface area (Å²) < 4.78 is 3.31. The number of hydrogen-bond donors (Lipinski definition) is 1. The third-order valence-electron chi connectivity index (χ3n) is 3.17. The molecule has 0 spiro atoms. The summed E-state index contributed by atoms with van der Waals surface area (Å²) in [6.45, 7) is 0.779. The van der Waals surface area contributed by atoms with Crippen LogP contribution >= 0.6 is 27.5 Å². The van der Waals surface area contributed by atoms with E-state index in [1.165, 1.54) is 10.9 Å². The smallest absolute Gasteiger partial charge is 0.0635 e. The fourth-order valence-electron chi connectivity index (χ4n) is 2.21. The molecular weight excluding hydrogens is 324 g/mol. The maximum atomic E-state index is 5.94. The van der Waals surface area contributed by atoms with Gasteiger partial charge in [0.15, 0.2) is 0 Å². The summed E-state index contributed by atoms with van der Waals surface area (Å²) in [7, 11) is 0. The van der Waals surface area contributed by atoms with Crippen molar-refractivity contribution >= 4 is 44.1 Å². The number of nitrogens with zero attached hydrogens (tertiary/aromatic N) is 1. The molecule has 0 saturated heterocycles. The van der Waals surface area contributed by atoms with Crippen LogP contribution in [-0.2, 0) is 6.54 Å². The number of benzene rings is 2. The molecule has 0 atom stereocenters. The molecule has 0 saturated carbocycles. The molecule has 3 rings (SSSR count). The minimum absolute atomic E-state index is 0.601. The van der Waals surface area contributed by atoms with E-state index in [1.54, 1.807) is 0 Å². The van der Waals surface area contributed by atoms with Crippen molar-refractivity contribution in [1.82, 2.24) is 4.57 Å². The highest BCUT2D eigenvalue weighted by Crippen LogP contribution is 2.26. The standard InChI is InChI=1S/C15H12BrClN2/c16-12-2-1-3-15-11(12)6-7-19(15)9-10-4-5-13(17)14(18)8-10/h1-8H,9,18H2. The molecule has 0 amide bonds. The predicted octanol–water partition coefficient (Wildman–Crippen LogP) is 4.69. The van der Waals surface area contributed by atoms with Gasteiger partial charge in [0.1, 0.15) is 0 Å². The minimum atomic E-state index is 0.601. The van der Waals surface area contributed by atoms with Gasteiger partial charge in [-0.3, -0.25) is 0 Å². The van der Waals surface area contributed by atoms with Gasteiger partial charge in [-0.05, 0) is 35.9 Å². The second-order valence-electron chi connectivity index (χ2n) is 4.47. The van der Waals surface area contributed by atoms with Crippen LogP contribution in [0.4, 0.5) is 5.69 Å². The lowest BCUT2D eigenvalue weighted by Gasteiger charge is -2.07. The molecule has 1 heterocycles. The van der Waals surface area contributed by atoms with Gasteiger partial charge in [0, 0.05) is 28.1 Å². The molecule has 4 heteroatoms. The predicted molar refractivity (Wildman–Crippen MR) is 84.6 cm³/mol. The van der Waals surface area contributed by atoms with E-state index in [0.717, 1.165) is 16.6 Å². The summed E-state index contributed by atoms with van der Waals surface area (Å²) in [4.78, 5) is 0. The molecular formula is C15H12BrClN2. The molecule has 3 aromatic rings. The first-order chi connectivity index (χ1) is 9.15. The lowest BCUT2D eigenvalue weighted by atomic mass is 10.2. The Morgan fingerprint density at radius 1 is 1.16 bits per heavy atom. The van der Waals surface area contributed by atoms with Crippen molar-refractivity contribution in [3.8, 4) is 0 Å². The fraction of sp³-hybridized carbons (Fsp3) is 0.0667. The summed E-state index contributed by atoms with van der Waals surface area (Å²) in [5.74, 6) is 0. The Hall–Kier alpha value is -1.45. The Balaban J connectivity index is 2.01. The lowest BCUT2D eigenvalue weighted by Crippen LogP contribution is -1.99. The van der Waals surface area contributed by atoms with Crippen LogP contribution in [0.5, 0.6) is 0 Å². The largest absolute Gasteiger partial charge is 0.398 e. The van der Waals surface area contributed by atoms with Gasteiger partial charge in [-0.15, -0.1) is 0 Å². The number of halogens is 2. The average Bonchev–Trinajstić information content (AvgIpc) is 2.79. The molecule has 2 nitrogen and oxygen atoms in total. The molecule has 0 fully saturated rings. The van der Waals surface area contributed by atoms with Gasteiger partial charge in [0.05, 0.1) is 10.7 Å². The van der Waals surface area contributed by atoms with Crippen molar-refractivity contribution in [3.05, 3.63) is 63.7 Å². The van der Waals surface area contributed by atoms with E-state index in [1.807, 2.05) is 30.3 Å². The Morgan fingerprint density at radius 3 is 2.79 bits per heavy atom. The fourth-order valence-corrected chi connectivity index (χ4v) is 2.82. The van der Waals surface area contributed by atoms with Gasteiger partial charge in [-0.25, -0.2) is 0 Å². The van der Waals surface area contributed by atoms with E-state index in [-0.39, 0.29) is 0 Å². The Morgan fingerprint density at radius 2 is 2.00 bits per heavy atom. The molecule has 0 aliphatic heterocycles.